The SMILES string of the molecule is FCCOCc1ccc(C#CC2=CC3CCCN=C3N2)cc1. The van der Waals surface area contributed by atoms with E-state index in [9.17, 15) is 4.39 Å². The first-order chi connectivity index (χ1) is 10.8. The molecule has 1 atom stereocenters. The van der Waals surface area contributed by atoms with Gasteiger partial charge in [-0.05, 0) is 42.5 Å². The standard InChI is InChI=1S/C18H19FN2O/c19-9-11-22-13-15-5-3-14(4-6-15)7-8-17-12-16-2-1-10-20-18(16)21-17/h3-6,12,16H,1-2,9-11,13H2,(H,20,21). The lowest BCUT2D eigenvalue weighted by Crippen LogP contribution is -2.25. The second-order valence-electron chi connectivity index (χ2n) is 5.41. The molecule has 0 saturated heterocycles. The normalized spacial score (nSPS) is 19.4. The number of halogens is 1. The fourth-order valence-corrected chi connectivity index (χ4v) is 2.58. The van der Waals surface area contributed by atoms with Gasteiger partial charge in [0.15, 0.2) is 0 Å². The molecule has 0 fully saturated rings. The number of nitrogens with one attached hydrogen (secondary N) is 1. The fraction of sp³-hybridized carbons (Fsp3) is 0.389. The summed E-state index contributed by atoms with van der Waals surface area (Å²) in [6.07, 6.45) is 4.48. The number of hydrogen-bond donors (Lipinski definition) is 1. The maximum atomic E-state index is 12.0. The van der Waals surface area contributed by atoms with Gasteiger partial charge in [-0.15, -0.1) is 0 Å². The molecule has 22 heavy (non-hydrogen) atoms. The van der Waals surface area contributed by atoms with Crippen molar-refractivity contribution in [2.24, 2.45) is 10.9 Å². The van der Waals surface area contributed by atoms with E-state index in [4.69, 9.17) is 4.74 Å². The Morgan fingerprint density at radius 1 is 1.27 bits per heavy atom. The monoisotopic (exact) mass is 298 g/mol. The number of nitrogens with zero attached hydrogens (tertiary/aromatic N) is 1. The summed E-state index contributed by atoms with van der Waals surface area (Å²) in [6, 6.07) is 7.84. The fourth-order valence-electron chi connectivity index (χ4n) is 2.58. The van der Waals surface area contributed by atoms with E-state index in [2.05, 4.69) is 28.2 Å². The highest BCUT2D eigenvalue weighted by Gasteiger charge is 2.23. The molecule has 0 radical (unpaired) electrons. The van der Waals surface area contributed by atoms with Gasteiger partial charge in [-0.3, -0.25) is 4.99 Å². The van der Waals surface area contributed by atoms with Gasteiger partial charge in [-0.25, -0.2) is 4.39 Å². The highest BCUT2D eigenvalue weighted by Crippen LogP contribution is 2.21. The van der Waals surface area contributed by atoms with Crippen LogP contribution in [0.1, 0.15) is 24.0 Å². The molecule has 2 aliphatic rings. The molecule has 3 rings (SSSR count). The first-order valence-corrected chi connectivity index (χ1v) is 7.63. The molecular formula is C18H19FN2O. The van der Waals surface area contributed by atoms with Crippen LogP contribution in [0.5, 0.6) is 0 Å². The van der Waals surface area contributed by atoms with E-state index < -0.39 is 6.67 Å². The number of ether oxygens (including phenoxy) is 1. The van der Waals surface area contributed by atoms with Crippen LogP contribution in [0, 0.1) is 17.8 Å². The zero-order valence-corrected chi connectivity index (χ0v) is 12.4. The van der Waals surface area contributed by atoms with Crippen LogP contribution in [-0.2, 0) is 11.3 Å². The summed E-state index contributed by atoms with van der Waals surface area (Å²) in [5.74, 6) is 7.81. The number of fused-ring (bicyclic) bond motifs is 1. The van der Waals surface area contributed by atoms with Gasteiger partial charge in [0, 0.05) is 18.0 Å². The Labute approximate surface area is 130 Å². The summed E-state index contributed by atoms with van der Waals surface area (Å²) in [7, 11) is 0. The number of allylic oxidation sites excluding steroid dienone is 1. The highest BCUT2D eigenvalue weighted by atomic mass is 19.1. The summed E-state index contributed by atoms with van der Waals surface area (Å²) in [5.41, 5.74) is 2.92. The Balaban J connectivity index is 1.60. The van der Waals surface area contributed by atoms with Crippen LogP contribution in [0.4, 0.5) is 4.39 Å². The second kappa shape index (κ2) is 7.24. The number of rotatable bonds is 4. The third-order valence-electron chi connectivity index (χ3n) is 3.72. The van der Waals surface area contributed by atoms with Crippen molar-refractivity contribution in [3.63, 3.8) is 0 Å². The predicted octanol–water partition coefficient (Wildman–Crippen LogP) is 2.82. The maximum absolute atomic E-state index is 12.0. The molecule has 0 bridgehead atoms. The summed E-state index contributed by atoms with van der Waals surface area (Å²) < 4.78 is 17.1. The van der Waals surface area contributed by atoms with Crippen LogP contribution in [0.2, 0.25) is 0 Å². The van der Waals surface area contributed by atoms with E-state index in [-0.39, 0.29) is 6.61 Å². The van der Waals surface area contributed by atoms with E-state index in [1.54, 1.807) is 0 Å². The van der Waals surface area contributed by atoms with Gasteiger partial charge in [0.05, 0.1) is 18.9 Å². The molecule has 1 aromatic rings. The molecule has 1 N–H and O–H groups in total. The van der Waals surface area contributed by atoms with Crippen LogP contribution >= 0.6 is 0 Å². The lowest BCUT2D eigenvalue weighted by Gasteiger charge is -2.13. The van der Waals surface area contributed by atoms with Crippen LogP contribution in [0.15, 0.2) is 41.0 Å². The molecule has 2 heterocycles. The lowest BCUT2D eigenvalue weighted by atomic mass is 10.0. The number of alkyl halides is 1. The topological polar surface area (TPSA) is 33.6 Å². The lowest BCUT2D eigenvalue weighted by molar-refractivity contribution is 0.106. The molecule has 4 heteroatoms. The zero-order valence-electron chi connectivity index (χ0n) is 12.4. The second-order valence-corrected chi connectivity index (χ2v) is 5.41. The summed E-state index contributed by atoms with van der Waals surface area (Å²) in [6.45, 7) is 1.05. The Hall–Kier alpha value is -2.12. The molecule has 2 aliphatic heterocycles. The number of aliphatic imine (C=N–C) groups is 1. The minimum absolute atomic E-state index is 0.145. The van der Waals surface area contributed by atoms with E-state index in [1.165, 1.54) is 0 Å². The van der Waals surface area contributed by atoms with E-state index >= 15 is 0 Å². The van der Waals surface area contributed by atoms with E-state index in [0.717, 1.165) is 42.0 Å². The number of benzene rings is 1. The Kier molecular flexibility index (Phi) is 4.87. The van der Waals surface area contributed by atoms with Crippen molar-refractivity contribution in [3.8, 4) is 11.8 Å². The quantitative estimate of drug-likeness (QED) is 0.685. The first kappa shape index (κ1) is 14.8. The van der Waals surface area contributed by atoms with Gasteiger partial charge >= 0.3 is 0 Å². The number of hydrogen-bond acceptors (Lipinski definition) is 3. The van der Waals surface area contributed by atoms with Gasteiger partial charge in [0.1, 0.15) is 12.5 Å². The van der Waals surface area contributed by atoms with Gasteiger partial charge in [0.2, 0.25) is 0 Å². The van der Waals surface area contributed by atoms with Crippen LogP contribution < -0.4 is 5.32 Å². The minimum atomic E-state index is -0.446. The Morgan fingerprint density at radius 3 is 2.91 bits per heavy atom. The van der Waals surface area contributed by atoms with E-state index in [0.29, 0.717) is 12.5 Å². The molecule has 114 valence electrons. The average molecular weight is 298 g/mol. The molecule has 0 amide bonds. The first-order valence-electron chi connectivity index (χ1n) is 7.63. The third kappa shape index (κ3) is 3.75. The largest absolute Gasteiger partial charge is 0.374 e. The molecule has 1 unspecified atom stereocenters. The maximum Gasteiger partial charge on any atom is 0.113 e. The molecule has 3 nitrogen and oxygen atoms in total. The van der Waals surface area contributed by atoms with E-state index in [1.807, 2.05) is 24.3 Å². The van der Waals surface area contributed by atoms with Crippen molar-refractivity contribution >= 4 is 5.84 Å². The zero-order chi connectivity index (χ0) is 15.2. The molecule has 1 aromatic carbocycles. The molecule has 0 aliphatic carbocycles. The predicted molar refractivity (Wildman–Crippen MR) is 85.2 cm³/mol. The summed E-state index contributed by atoms with van der Waals surface area (Å²) >= 11 is 0. The summed E-state index contributed by atoms with van der Waals surface area (Å²) in [5, 5.41) is 3.29. The molecule has 0 aromatic heterocycles. The van der Waals surface area contributed by atoms with Gasteiger partial charge in [0.25, 0.3) is 0 Å². The van der Waals surface area contributed by atoms with Crippen molar-refractivity contribution in [2.75, 3.05) is 19.8 Å². The molecular weight excluding hydrogens is 279 g/mol. The van der Waals surface area contributed by atoms with Gasteiger partial charge in [-0.2, -0.15) is 0 Å². The number of amidine groups is 1. The van der Waals surface area contributed by atoms with Crippen LogP contribution in [0.3, 0.4) is 0 Å². The smallest absolute Gasteiger partial charge is 0.113 e. The average Bonchev–Trinajstić information content (AvgIpc) is 2.97. The minimum Gasteiger partial charge on any atom is -0.374 e. The molecule has 0 saturated carbocycles. The molecule has 0 spiro atoms. The van der Waals surface area contributed by atoms with Crippen LogP contribution in [-0.4, -0.2) is 25.7 Å². The third-order valence-corrected chi connectivity index (χ3v) is 3.72. The van der Waals surface area contributed by atoms with Gasteiger partial charge in [-0.1, -0.05) is 18.1 Å². The van der Waals surface area contributed by atoms with Crippen molar-refractivity contribution in [1.29, 1.82) is 0 Å². The summed E-state index contributed by atoms with van der Waals surface area (Å²) in [4.78, 5) is 4.49. The Morgan fingerprint density at radius 2 is 2.14 bits per heavy atom. The van der Waals surface area contributed by atoms with Crippen molar-refractivity contribution in [1.82, 2.24) is 5.32 Å². The Bertz CT molecular complexity index is 637. The highest BCUT2D eigenvalue weighted by molar-refractivity contribution is 5.91. The van der Waals surface area contributed by atoms with Crippen LogP contribution in [0.25, 0.3) is 0 Å². The van der Waals surface area contributed by atoms with Crippen molar-refractivity contribution < 1.29 is 9.13 Å². The van der Waals surface area contributed by atoms with Gasteiger partial charge < -0.3 is 10.1 Å². The van der Waals surface area contributed by atoms with Crippen molar-refractivity contribution in [3.05, 3.63) is 47.2 Å². The van der Waals surface area contributed by atoms with Crippen molar-refractivity contribution in [2.45, 2.75) is 19.4 Å².